The van der Waals surface area contributed by atoms with Crippen molar-refractivity contribution in [1.29, 1.82) is 0 Å². The van der Waals surface area contributed by atoms with E-state index < -0.39 is 11.5 Å². The van der Waals surface area contributed by atoms with E-state index in [4.69, 9.17) is 4.74 Å². The largest absolute Gasteiger partial charge is 0.472 e. The summed E-state index contributed by atoms with van der Waals surface area (Å²) in [6, 6.07) is 19.1. The molecule has 0 fully saturated rings. The molecular formula is C20H20N2O3S. The lowest BCUT2D eigenvalue weighted by Crippen LogP contribution is -2.41. The van der Waals surface area contributed by atoms with Gasteiger partial charge in [0.1, 0.15) is 6.26 Å². The summed E-state index contributed by atoms with van der Waals surface area (Å²) >= 11 is 4.35. The van der Waals surface area contributed by atoms with Gasteiger partial charge in [-0.2, -0.15) is 12.6 Å². The summed E-state index contributed by atoms with van der Waals surface area (Å²) in [7, 11) is 0. The SMILES string of the molecule is O=C(NCC(=O)N1C=COC1c1ccccc1)C(S)Cc1ccccc1. The number of rotatable bonds is 6. The van der Waals surface area contributed by atoms with E-state index in [1.165, 1.54) is 11.2 Å². The van der Waals surface area contributed by atoms with Crippen LogP contribution in [-0.4, -0.2) is 28.5 Å². The Morgan fingerprint density at radius 1 is 1.08 bits per heavy atom. The molecular weight excluding hydrogens is 348 g/mol. The molecule has 1 N–H and O–H groups in total. The highest BCUT2D eigenvalue weighted by Crippen LogP contribution is 2.27. The topological polar surface area (TPSA) is 58.6 Å². The van der Waals surface area contributed by atoms with Crippen molar-refractivity contribution in [3.05, 3.63) is 84.3 Å². The number of benzene rings is 2. The first-order valence-electron chi connectivity index (χ1n) is 8.33. The van der Waals surface area contributed by atoms with Gasteiger partial charge >= 0.3 is 0 Å². The lowest BCUT2D eigenvalue weighted by molar-refractivity contribution is -0.135. The fourth-order valence-corrected chi connectivity index (χ4v) is 2.99. The Hall–Kier alpha value is -2.73. The maximum absolute atomic E-state index is 12.5. The van der Waals surface area contributed by atoms with E-state index in [-0.39, 0.29) is 18.4 Å². The number of nitrogens with one attached hydrogen (secondary N) is 1. The molecule has 2 unspecified atom stereocenters. The molecule has 0 bridgehead atoms. The molecule has 1 aliphatic heterocycles. The summed E-state index contributed by atoms with van der Waals surface area (Å²) in [4.78, 5) is 26.2. The van der Waals surface area contributed by atoms with Crippen molar-refractivity contribution < 1.29 is 14.3 Å². The third kappa shape index (κ3) is 4.46. The van der Waals surface area contributed by atoms with Gasteiger partial charge in [-0.05, 0) is 12.0 Å². The first-order valence-corrected chi connectivity index (χ1v) is 8.85. The first-order chi connectivity index (χ1) is 12.6. The van der Waals surface area contributed by atoms with Gasteiger partial charge < -0.3 is 10.1 Å². The van der Waals surface area contributed by atoms with E-state index in [9.17, 15) is 9.59 Å². The summed E-state index contributed by atoms with van der Waals surface area (Å²) < 4.78 is 5.50. The molecule has 2 aromatic rings. The normalized spacial score (nSPS) is 16.8. The molecule has 26 heavy (non-hydrogen) atoms. The van der Waals surface area contributed by atoms with Gasteiger partial charge in [0.2, 0.25) is 18.0 Å². The van der Waals surface area contributed by atoms with Crippen molar-refractivity contribution in [3.63, 3.8) is 0 Å². The van der Waals surface area contributed by atoms with Gasteiger partial charge in [0.05, 0.1) is 11.8 Å². The summed E-state index contributed by atoms with van der Waals surface area (Å²) in [6.45, 7) is -0.109. The zero-order valence-corrected chi connectivity index (χ0v) is 15.0. The highest BCUT2D eigenvalue weighted by atomic mass is 32.1. The van der Waals surface area contributed by atoms with Crippen LogP contribution < -0.4 is 5.32 Å². The molecule has 0 spiro atoms. The van der Waals surface area contributed by atoms with Crippen molar-refractivity contribution in [2.75, 3.05) is 6.54 Å². The Morgan fingerprint density at radius 2 is 1.73 bits per heavy atom. The molecule has 0 aromatic heterocycles. The van der Waals surface area contributed by atoms with E-state index in [0.717, 1.165) is 11.1 Å². The lowest BCUT2D eigenvalue weighted by Gasteiger charge is -2.23. The Morgan fingerprint density at radius 3 is 2.42 bits per heavy atom. The van der Waals surface area contributed by atoms with Gasteiger partial charge in [-0.25, -0.2) is 0 Å². The molecule has 1 heterocycles. The predicted molar refractivity (Wildman–Crippen MR) is 102 cm³/mol. The van der Waals surface area contributed by atoms with Crippen LogP contribution in [0.3, 0.4) is 0 Å². The maximum atomic E-state index is 12.5. The smallest absolute Gasteiger partial charge is 0.249 e. The molecule has 2 amide bonds. The Bertz CT molecular complexity index is 780. The lowest BCUT2D eigenvalue weighted by atomic mass is 10.1. The van der Waals surface area contributed by atoms with Crippen LogP contribution in [0.2, 0.25) is 0 Å². The first kappa shape index (κ1) is 18.1. The van der Waals surface area contributed by atoms with E-state index in [2.05, 4.69) is 17.9 Å². The molecule has 0 saturated heterocycles. The van der Waals surface area contributed by atoms with Crippen LogP contribution >= 0.6 is 12.6 Å². The van der Waals surface area contributed by atoms with E-state index in [1.54, 1.807) is 6.20 Å². The summed E-state index contributed by atoms with van der Waals surface area (Å²) in [5.74, 6) is -0.521. The van der Waals surface area contributed by atoms with Gasteiger partial charge in [-0.15, -0.1) is 0 Å². The summed E-state index contributed by atoms with van der Waals surface area (Å²) in [5, 5.41) is 2.14. The second-order valence-corrected chi connectivity index (χ2v) is 6.53. The maximum Gasteiger partial charge on any atom is 0.249 e. The minimum atomic E-state index is -0.513. The van der Waals surface area contributed by atoms with Crippen molar-refractivity contribution >= 4 is 24.4 Å². The fraction of sp³-hybridized carbons (Fsp3) is 0.200. The van der Waals surface area contributed by atoms with Crippen LogP contribution in [-0.2, 0) is 20.7 Å². The number of ether oxygens (including phenoxy) is 1. The number of hydrogen-bond donors (Lipinski definition) is 2. The van der Waals surface area contributed by atoms with Gasteiger partial charge in [0.25, 0.3) is 0 Å². The van der Waals surface area contributed by atoms with Crippen LogP contribution in [0.15, 0.2) is 73.1 Å². The van der Waals surface area contributed by atoms with Gasteiger partial charge in [0.15, 0.2) is 0 Å². The molecule has 2 atom stereocenters. The van der Waals surface area contributed by atoms with E-state index in [0.29, 0.717) is 6.42 Å². The summed E-state index contributed by atoms with van der Waals surface area (Å²) in [5.41, 5.74) is 1.89. The number of thiol groups is 1. The van der Waals surface area contributed by atoms with Gasteiger partial charge in [-0.3, -0.25) is 14.5 Å². The van der Waals surface area contributed by atoms with Crippen LogP contribution in [0.4, 0.5) is 0 Å². The minimum absolute atomic E-state index is 0.109. The number of amides is 2. The third-order valence-electron chi connectivity index (χ3n) is 4.04. The van der Waals surface area contributed by atoms with Crippen LogP contribution in [0, 0.1) is 0 Å². The zero-order chi connectivity index (χ0) is 18.4. The van der Waals surface area contributed by atoms with Crippen molar-refractivity contribution in [2.24, 2.45) is 0 Å². The minimum Gasteiger partial charge on any atom is -0.472 e. The van der Waals surface area contributed by atoms with Gasteiger partial charge in [-0.1, -0.05) is 60.7 Å². The van der Waals surface area contributed by atoms with E-state index >= 15 is 0 Å². The molecule has 0 radical (unpaired) electrons. The quantitative estimate of drug-likeness (QED) is 0.771. The molecule has 1 aliphatic rings. The molecule has 5 nitrogen and oxygen atoms in total. The Balaban J connectivity index is 1.53. The predicted octanol–water partition coefficient (Wildman–Crippen LogP) is 2.67. The van der Waals surface area contributed by atoms with Crippen LogP contribution in [0.25, 0.3) is 0 Å². The van der Waals surface area contributed by atoms with Gasteiger partial charge in [0, 0.05) is 11.8 Å². The van der Waals surface area contributed by atoms with Crippen molar-refractivity contribution in [2.45, 2.75) is 17.9 Å². The Kier molecular flexibility index (Phi) is 5.96. The second kappa shape index (κ2) is 8.58. The second-order valence-electron chi connectivity index (χ2n) is 5.91. The van der Waals surface area contributed by atoms with Crippen LogP contribution in [0.5, 0.6) is 0 Å². The number of nitrogens with zero attached hydrogens (tertiary/aromatic N) is 1. The highest BCUT2D eigenvalue weighted by Gasteiger charge is 2.28. The highest BCUT2D eigenvalue weighted by molar-refractivity contribution is 7.81. The Labute approximate surface area is 158 Å². The standard InChI is InChI=1S/C20H20N2O3S/c23-18(22-11-12-25-20(22)16-9-5-2-6-10-16)14-21-19(24)17(26)13-15-7-3-1-4-8-15/h1-12,17,20,26H,13-14H2,(H,21,24). The van der Waals surface area contributed by atoms with Crippen molar-refractivity contribution in [1.82, 2.24) is 10.2 Å². The molecule has 6 heteroatoms. The molecule has 3 rings (SSSR count). The zero-order valence-electron chi connectivity index (χ0n) is 14.1. The monoisotopic (exact) mass is 368 g/mol. The number of carbonyl (C=O) groups excluding carboxylic acids is 2. The van der Waals surface area contributed by atoms with E-state index in [1.807, 2.05) is 60.7 Å². The summed E-state index contributed by atoms with van der Waals surface area (Å²) in [6.07, 6.45) is 3.06. The average molecular weight is 368 g/mol. The molecule has 134 valence electrons. The molecule has 2 aromatic carbocycles. The number of hydrogen-bond acceptors (Lipinski definition) is 4. The molecule has 0 aliphatic carbocycles. The fourth-order valence-electron chi connectivity index (χ4n) is 2.69. The average Bonchev–Trinajstić information content (AvgIpc) is 3.17. The molecule has 0 saturated carbocycles. The third-order valence-corrected chi connectivity index (χ3v) is 4.46. The van der Waals surface area contributed by atoms with Crippen LogP contribution in [0.1, 0.15) is 17.4 Å². The van der Waals surface area contributed by atoms with Crippen molar-refractivity contribution in [3.8, 4) is 0 Å². The number of carbonyl (C=O) groups is 2.